The van der Waals surface area contributed by atoms with Crippen LogP contribution in [0.4, 0.5) is 19.0 Å². The molecule has 1 heterocycles. The second-order valence-corrected chi connectivity index (χ2v) is 10.9. The van der Waals surface area contributed by atoms with Crippen LogP contribution in [0.25, 0.3) is 10.9 Å². The van der Waals surface area contributed by atoms with E-state index in [1.165, 1.54) is 12.1 Å². The molecule has 2 fully saturated rings. The van der Waals surface area contributed by atoms with E-state index in [4.69, 9.17) is 14.2 Å². The van der Waals surface area contributed by atoms with E-state index in [0.29, 0.717) is 53.4 Å². The molecule has 0 radical (unpaired) electrons. The van der Waals surface area contributed by atoms with E-state index in [-0.39, 0.29) is 11.7 Å². The van der Waals surface area contributed by atoms with Gasteiger partial charge >= 0.3 is 5.92 Å². The Labute approximate surface area is 225 Å². The molecule has 0 spiro atoms. The van der Waals surface area contributed by atoms with Crippen molar-refractivity contribution in [1.82, 2.24) is 9.97 Å². The lowest BCUT2D eigenvalue weighted by Gasteiger charge is -2.30. The Hall–Kier alpha value is -3.11. The predicted molar refractivity (Wildman–Crippen MR) is 141 cm³/mol. The van der Waals surface area contributed by atoms with Crippen LogP contribution in [0.3, 0.4) is 0 Å². The number of hydrogen-bond donors (Lipinski definition) is 2. The minimum absolute atomic E-state index is 0.0169. The van der Waals surface area contributed by atoms with E-state index < -0.39 is 28.9 Å². The molecule has 2 aromatic carbocycles. The Morgan fingerprint density at radius 3 is 2.44 bits per heavy atom. The fourth-order valence-electron chi connectivity index (χ4n) is 4.27. The van der Waals surface area contributed by atoms with Gasteiger partial charge in [0.25, 0.3) is 0 Å². The number of aliphatic hydroxyl groups is 1. The highest BCUT2D eigenvalue weighted by Gasteiger charge is 2.49. The molecule has 0 aliphatic heterocycles. The largest absolute Gasteiger partial charge is 0.487 e. The van der Waals surface area contributed by atoms with Crippen molar-refractivity contribution in [1.29, 1.82) is 0 Å². The quantitative estimate of drug-likeness (QED) is 0.262. The van der Waals surface area contributed by atoms with Gasteiger partial charge in [-0.25, -0.2) is 14.4 Å². The molecule has 2 aliphatic carbocycles. The number of anilines is 1. The van der Waals surface area contributed by atoms with Gasteiger partial charge in [-0.3, -0.25) is 0 Å². The van der Waals surface area contributed by atoms with E-state index in [9.17, 15) is 13.9 Å². The first-order valence-electron chi connectivity index (χ1n) is 13.3. The zero-order valence-electron chi connectivity index (χ0n) is 22.6. The van der Waals surface area contributed by atoms with Crippen LogP contribution in [0.15, 0.2) is 30.3 Å². The number of halogens is 3. The van der Waals surface area contributed by atoms with Gasteiger partial charge in [-0.2, -0.15) is 8.78 Å². The Morgan fingerprint density at radius 2 is 1.77 bits per heavy atom. The molecule has 1 aromatic heterocycles. The third-order valence-corrected chi connectivity index (χ3v) is 6.86. The molecular formula is C29H34F3N3O4. The maximum atomic E-state index is 15.4. The molecule has 0 amide bonds. The molecule has 0 unspecified atom stereocenters. The first kappa shape index (κ1) is 27.5. The Bertz CT molecular complexity index is 1350. The average molecular weight is 546 g/mol. The minimum Gasteiger partial charge on any atom is -0.487 e. The summed E-state index contributed by atoms with van der Waals surface area (Å²) in [6.45, 7) is 6.11. The monoisotopic (exact) mass is 545 g/mol. The van der Waals surface area contributed by atoms with Crippen LogP contribution in [-0.2, 0) is 10.7 Å². The molecule has 2 N–H and O–H groups in total. The summed E-state index contributed by atoms with van der Waals surface area (Å²) in [5.74, 6) is -2.89. The summed E-state index contributed by atoms with van der Waals surface area (Å²) in [4.78, 5) is 9.08. The van der Waals surface area contributed by atoms with Crippen LogP contribution < -0.4 is 14.8 Å². The van der Waals surface area contributed by atoms with E-state index in [1.807, 2.05) is 0 Å². The topological polar surface area (TPSA) is 85.7 Å². The van der Waals surface area contributed by atoms with E-state index in [1.54, 1.807) is 26.0 Å². The van der Waals surface area contributed by atoms with Crippen molar-refractivity contribution < 1.29 is 32.5 Å². The number of hydrogen-bond acceptors (Lipinski definition) is 7. The first-order chi connectivity index (χ1) is 18.4. The molecular weight excluding hydrogens is 511 g/mol. The lowest BCUT2D eigenvalue weighted by molar-refractivity contribution is -0.170. The van der Waals surface area contributed by atoms with Gasteiger partial charge in [0.05, 0.1) is 35.9 Å². The summed E-state index contributed by atoms with van der Waals surface area (Å²) in [5, 5.41) is 13.8. The third-order valence-electron chi connectivity index (χ3n) is 6.86. The van der Waals surface area contributed by atoms with Gasteiger partial charge < -0.3 is 24.6 Å². The highest BCUT2D eigenvalue weighted by Crippen LogP contribution is 2.42. The van der Waals surface area contributed by atoms with Crippen molar-refractivity contribution >= 4 is 16.7 Å². The van der Waals surface area contributed by atoms with Crippen molar-refractivity contribution in [3.63, 3.8) is 0 Å². The van der Waals surface area contributed by atoms with Crippen molar-refractivity contribution in [3.8, 4) is 11.5 Å². The number of ether oxygens (including phenoxy) is 3. The third kappa shape index (κ3) is 6.06. The van der Waals surface area contributed by atoms with Crippen LogP contribution in [0, 0.1) is 12.7 Å². The summed E-state index contributed by atoms with van der Waals surface area (Å²) >= 11 is 0. The van der Waals surface area contributed by atoms with Crippen molar-refractivity contribution in [2.45, 2.75) is 83.2 Å². The number of alkyl halides is 2. The van der Waals surface area contributed by atoms with Crippen LogP contribution in [0.5, 0.6) is 11.5 Å². The number of rotatable bonds is 12. The van der Waals surface area contributed by atoms with Crippen molar-refractivity contribution in [2.24, 2.45) is 0 Å². The molecule has 2 aliphatic rings. The number of nitrogens with zero attached hydrogens (tertiary/aromatic N) is 2. The number of aryl methyl sites for hydroxylation is 1. The van der Waals surface area contributed by atoms with E-state index >= 15 is 4.39 Å². The Balaban J connectivity index is 1.45. The highest BCUT2D eigenvalue weighted by atomic mass is 19.3. The Kier molecular flexibility index (Phi) is 7.37. The smallest absolute Gasteiger partial charge is 0.303 e. The summed E-state index contributed by atoms with van der Waals surface area (Å²) in [5.41, 5.74) is -2.68. The summed E-state index contributed by atoms with van der Waals surface area (Å²) < 4.78 is 62.9. The fourth-order valence-corrected chi connectivity index (χ4v) is 4.27. The highest BCUT2D eigenvalue weighted by molar-refractivity contribution is 5.92. The number of nitrogens with one attached hydrogen (secondary N) is 1. The normalized spacial score (nSPS) is 16.8. The zero-order valence-corrected chi connectivity index (χ0v) is 22.6. The molecule has 5 rings (SSSR count). The van der Waals surface area contributed by atoms with E-state index in [0.717, 1.165) is 45.6 Å². The average Bonchev–Trinajstić information content (AvgIpc) is 3.78. The molecule has 7 nitrogen and oxygen atoms in total. The van der Waals surface area contributed by atoms with Crippen LogP contribution in [0.1, 0.15) is 69.4 Å². The minimum atomic E-state index is -3.79. The van der Waals surface area contributed by atoms with Crippen molar-refractivity contribution in [2.75, 3.05) is 18.5 Å². The van der Waals surface area contributed by atoms with Crippen molar-refractivity contribution in [3.05, 3.63) is 53.1 Å². The van der Waals surface area contributed by atoms with Gasteiger partial charge in [0.15, 0.2) is 11.5 Å². The zero-order chi connectivity index (χ0) is 27.9. The number of benzene rings is 2. The van der Waals surface area contributed by atoms with Crippen LogP contribution >= 0.6 is 0 Å². The molecule has 10 heteroatoms. The summed E-state index contributed by atoms with van der Waals surface area (Å²) in [6.07, 6.45) is 4.58. The number of aromatic nitrogens is 2. The van der Waals surface area contributed by atoms with Gasteiger partial charge in [-0.05, 0) is 65.5 Å². The van der Waals surface area contributed by atoms with E-state index in [2.05, 4.69) is 15.3 Å². The Morgan fingerprint density at radius 1 is 1.05 bits per heavy atom. The van der Waals surface area contributed by atoms with Gasteiger partial charge in [-0.1, -0.05) is 12.1 Å². The van der Waals surface area contributed by atoms with Gasteiger partial charge in [0, 0.05) is 17.0 Å². The maximum absolute atomic E-state index is 15.4. The molecule has 3 aromatic rings. The van der Waals surface area contributed by atoms with Crippen LogP contribution in [-0.4, -0.2) is 46.1 Å². The van der Waals surface area contributed by atoms with Gasteiger partial charge in [-0.15, -0.1) is 0 Å². The lowest BCUT2D eigenvalue weighted by Crippen LogP contribution is -2.41. The second kappa shape index (κ2) is 10.5. The van der Waals surface area contributed by atoms with Gasteiger partial charge in [0.1, 0.15) is 29.7 Å². The SMILES string of the molecule is Cc1nc(N[C@H](C)c2cccc(C(F)(F)C(C)(C)O)c2F)c2cc(OCCOC3CC3)c(OC3CC3)cc2n1. The molecule has 0 bridgehead atoms. The number of fused-ring (bicyclic) bond motifs is 1. The van der Waals surface area contributed by atoms with Crippen LogP contribution in [0.2, 0.25) is 0 Å². The predicted octanol–water partition coefficient (Wildman–Crippen LogP) is 6.21. The second-order valence-electron chi connectivity index (χ2n) is 10.9. The molecule has 0 saturated heterocycles. The first-order valence-corrected chi connectivity index (χ1v) is 13.3. The lowest BCUT2D eigenvalue weighted by atomic mass is 9.91. The standard InChI is InChI=1S/C29H34F3N3O4/c1-16(20-6-5-7-22(26(20)30)29(31,32)28(3,4)36)33-27-21-14-24(38-13-12-37-18-8-9-18)25(39-19-10-11-19)15-23(21)34-17(2)35-27/h5-7,14-16,18-19,36H,8-13H2,1-4H3,(H,33,34,35)/t16-/m1/s1. The van der Waals surface area contributed by atoms with Gasteiger partial charge in [0.2, 0.25) is 0 Å². The summed E-state index contributed by atoms with van der Waals surface area (Å²) in [6, 6.07) is 6.63. The molecule has 2 saturated carbocycles. The summed E-state index contributed by atoms with van der Waals surface area (Å²) in [7, 11) is 0. The fraction of sp³-hybridized carbons (Fsp3) is 0.517. The maximum Gasteiger partial charge on any atom is 0.303 e. The molecule has 39 heavy (non-hydrogen) atoms. The molecule has 1 atom stereocenters. The molecule has 210 valence electrons.